The van der Waals surface area contributed by atoms with Crippen molar-refractivity contribution < 1.29 is 13.9 Å². The highest BCUT2D eigenvalue weighted by atomic mass is 19.1. The van der Waals surface area contributed by atoms with E-state index in [1.165, 1.54) is 12.1 Å². The molecule has 4 N–H and O–H groups in total. The Morgan fingerprint density at radius 3 is 2.91 bits per heavy atom. The summed E-state index contributed by atoms with van der Waals surface area (Å²) in [6, 6.07) is 11.9. The number of primary amides is 1. The fraction of sp³-hybridized carbons (Fsp3) is 0.208. The summed E-state index contributed by atoms with van der Waals surface area (Å²) in [5.41, 5.74) is 10.9. The van der Waals surface area contributed by atoms with E-state index in [1.807, 2.05) is 19.1 Å². The second kappa shape index (κ2) is 8.05. The summed E-state index contributed by atoms with van der Waals surface area (Å²) in [7, 11) is 0. The van der Waals surface area contributed by atoms with Gasteiger partial charge in [0.1, 0.15) is 11.6 Å². The summed E-state index contributed by atoms with van der Waals surface area (Å²) >= 11 is 0. The Balaban J connectivity index is 1.61. The maximum Gasteiger partial charge on any atom is 0.250 e. The van der Waals surface area contributed by atoms with Crippen LogP contribution in [0.15, 0.2) is 42.5 Å². The number of rotatable bonds is 5. The Labute approximate surface area is 183 Å². The van der Waals surface area contributed by atoms with Crippen LogP contribution in [-0.2, 0) is 24.3 Å². The van der Waals surface area contributed by atoms with E-state index in [-0.39, 0.29) is 5.82 Å². The first-order valence-corrected chi connectivity index (χ1v) is 10.4. The zero-order valence-corrected chi connectivity index (χ0v) is 17.5. The fourth-order valence-electron chi connectivity index (χ4n) is 4.19. The molecule has 0 spiro atoms. The first-order chi connectivity index (χ1) is 15.5. The van der Waals surface area contributed by atoms with Gasteiger partial charge in [-0.3, -0.25) is 4.79 Å². The molecule has 1 aliphatic heterocycles. The highest BCUT2D eigenvalue weighted by Gasteiger charge is 2.22. The number of nitrogens with two attached hydrogens (primary N) is 1. The normalized spacial score (nSPS) is 13.2. The number of hydrogen-bond acceptors (Lipinski definition) is 5. The predicted octanol–water partition coefficient (Wildman–Crippen LogP) is 3.86. The van der Waals surface area contributed by atoms with Crippen LogP contribution < -0.4 is 11.1 Å². The van der Waals surface area contributed by atoms with Crippen molar-refractivity contribution in [3.8, 4) is 11.4 Å². The molecule has 0 saturated heterocycles. The molecule has 0 fully saturated rings. The van der Waals surface area contributed by atoms with Gasteiger partial charge >= 0.3 is 0 Å². The number of H-pyrrole nitrogens is 1. The quantitative estimate of drug-likeness (QED) is 0.445. The molecule has 8 heteroatoms. The number of halogens is 1. The van der Waals surface area contributed by atoms with Crippen molar-refractivity contribution in [1.29, 1.82) is 0 Å². The number of aromatic nitrogens is 3. The van der Waals surface area contributed by atoms with Crippen molar-refractivity contribution in [3.05, 3.63) is 76.4 Å². The number of aryl methyl sites for hydroxylation is 1. The molecule has 0 unspecified atom stereocenters. The van der Waals surface area contributed by atoms with E-state index in [2.05, 4.69) is 10.3 Å². The number of hydrogen-bond donors (Lipinski definition) is 3. The Morgan fingerprint density at radius 2 is 2.09 bits per heavy atom. The van der Waals surface area contributed by atoms with Crippen molar-refractivity contribution in [2.45, 2.75) is 26.5 Å². The lowest BCUT2D eigenvalue weighted by molar-refractivity contribution is 0.100. The second-order valence-electron chi connectivity index (χ2n) is 7.82. The number of fused-ring (bicyclic) bond motifs is 2. The largest absolute Gasteiger partial charge is 0.375 e. The summed E-state index contributed by atoms with van der Waals surface area (Å²) < 4.78 is 19.2. The SMILES string of the molecule is Cc1[nH]c2c(C(N)=O)cccc2c1-c1nc2c(c(NCc3cccc(F)c3)n1)CCOC2. The molecule has 0 radical (unpaired) electrons. The zero-order valence-electron chi connectivity index (χ0n) is 17.5. The van der Waals surface area contributed by atoms with E-state index in [9.17, 15) is 9.18 Å². The number of carbonyl (C=O) groups is 1. The predicted molar refractivity (Wildman–Crippen MR) is 120 cm³/mol. The molecule has 3 heterocycles. The first kappa shape index (κ1) is 20.1. The number of ether oxygens (including phenoxy) is 1. The van der Waals surface area contributed by atoms with Crippen molar-refractivity contribution in [1.82, 2.24) is 15.0 Å². The number of nitrogens with zero attached hydrogens (tertiary/aromatic N) is 2. The maximum absolute atomic E-state index is 13.6. The average Bonchev–Trinajstić information content (AvgIpc) is 3.13. The van der Waals surface area contributed by atoms with Crippen LogP contribution in [0.4, 0.5) is 10.2 Å². The van der Waals surface area contributed by atoms with E-state index in [4.69, 9.17) is 20.4 Å². The van der Waals surface area contributed by atoms with Crippen LogP contribution in [0.3, 0.4) is 0 Å². The van der Waals surface area contributed by atoms with Crippen molar-refractivity contribution in [3.63, 3.8) is 0 Å². The molecule has 162 valence electrons. The third-order valence-corrected chi connectivity index (χ3v) is 5.69. The molecule has 0 atom stereocenters. The lowest BCUT2D eigenvalue weighted by Crippen LogP contribution is -2.17. The molecule has 5 rings (SSSR count). The number of amides is 1. The molecule has 32 heavy (non-hydrogen) atoms. The Bertz CT molecular complexity index is 1350. The second-order valence-corrected chi connectivity index (χ2v) is 7.82. The molecule has 1 aliphatic rings. The van der Waals surface area contributed by atoms with E-state index in [0.29, 0.717) is 48.9 Å². The summed E-state index contributed by atoms with van der Waals surface area (Å²) in [5.74, 6) is 0.460. The van der Waals surface area contributed by atoms with E-state index >= 15 is 0 Å². The van der Waals surface area contributed by atoms with Gasteiger partial charge in [0.2, 0.25) is 0 Å². The van der Waals surface area contributed by atoms with E-state index in [0.717, 1.165) is 33.5 Å². The average molecular weight is 431 g/mol. The minimum absolute atomic E-state index is 0.275. The highest BCUT2D eigenvalue weighted by molar-refractivity contribution is 6.09. The lowest BCUT2D eigenvalue weighted by Gasteiger charge is -2.20. The van der Waals surface area contributed by atoms with Gasteiger partial charge in [-0.05, 0) is 30.7 Å². The monoisotopic (exact) mass is 431 g/mol. The van der Waals surface area contributed by atoms with Gasteiger partial charge in [0.05, 0.1) is 30.0 Å². The molecule has 2 aromatic heterocycles. The van der Waals surface area contributed by atoms with Gasteiger partial charge in [-0.2, -0.15) is 0 Å². The van der Waals surface area contributed by atoms with Gasteiger partial charge in [0.25, 0.3) is 5.91 Å². The first-order valence-electron chi connectivity index (χ1n) is 10.4. The third kappa shape index (κ3) is 3.58. The van der Waals surface area contributed by atoms with Crippen LogP contribution in [-0.4, -0.2) is 27.5 Å². The lowest BCUT2D eigenvalue weighted by atomic mass is 10.0. The molecule has 1 amide bonds. The molecule has 0 saturated carbocycles. The minimum Gasteiger partial charge on any atom is -0.375 e. The Morgan fingerprint density at radius 1 is 1.25 bits per heavy atom. The number of benzene rings is 2. The fourth-order valence-corrected chi connectivity index (χ4v) is 4.19. The highest BCUT2D eigenvalue weighted by Crippen LogP contribution is 2.34. The minimum atomic E-state index is -0.499. The molecule has 0 aliphatic carbocycles. The Hall–Kier alpha value is -3.78. The summed E-state index contributed by atoms with van der Waals surface area (Å²) in [6.07, 6.45) is 0.694. The third-order valence-electron chi connectivity index (χ3n) is 5.69. The molecular formula is C24H22FN5O2. The van der Waals surface area contributed by atoms with Gasteiger partial charge in [-0.1, -0.05) is 24.3 Å². The number of nitrogens with one attached hydrogen (secondary N) is 2. The smallest absolute Gasteiger partial charge is 0.250 e. The van der Waals surface area contributed by atoms with Gasteiger partial charge in [0.15, 0.2) is 5.82 Å². The van der Waals surface area contributed by atoms with Crippen LogP contribution in [0, 0.1) is 12.7 Å². The molecule has 7 nitrogen and oxygen atoms in total. The van der Waals surface area contributed by atoms with Crippen molar-refractivity contribution in [2.75, 3.05) is 11.9 Å². The van der Waals surface area contributed by atoms with E-state index in [1.54, 1.807) is 18.2 Å². The van der Waals surface area contributed by atoms with Crippen LogP contribution in [0.25, 0.3) is 22.3 Å². The zero-order chi connectivity index (χ0) is 22.2. The van der Waals surface area contributed by atoms with Gasteiger partial charge in [-0.15, -0.1) is 0 Å². The number of carbonyl (C=O) groups excluding carboxylic acids is 1. The topological polar surface area (TPSA) is 106 Å². The van der Waals surface area contributed by atoms with Gasteiger partial charge in [0, 0.05) is 35.2 Å². The Kier molecular flexibility index (Phi) is 5.07. The molecular weight excluding hydrogens is 409 g/mol. The number of para-hydroxylation sites is 1. The molecule has 2 aromatic carbocycles. The number of anilines is 1. The number of aromatic amines is 1. The summed E-state index contributed by atoms with van der Waals surface area (Å²) in [6.45, 7) is 3.34. The molecule has 4 aromatic rings. The summed E-state index contributed by atoms with van der Waals surface area (Å²) in [4.78, 5) is 24.8. The van der Waals surface area contributed by atoms with Gasteiger partial charge < -0.3 is 20.8 Å². The summed E-state index contributed by atoms with van der Waals surface area (Å²) in [5, 5.41) is 4.18. The van der Waals surface area contributed by atoms with Gasteiger partial charge in [-0.25, -0.2) is 14.4 Å². The van der Waals surface area contributed by atoms with Crippen LogP contribution >= 0.6 is 0 Å². The van der Waals surface area contributed by atoms with Crippen LogP contribution in [0.5, 0.6) is 0 Å². The van der Waals surface area contributed by atoms with Crippen molar-refractivity contribution >= 4 is 22.6 Å². The van der Waals surface area contributed by atoms with Crippen LogP contribution in [0.2, 0.25) is 0 Å². The standard InChI is InChI=1S/C24H22FN5O2/c1-13-20(17-6-3-7-18(22(26)31)21(17)28-13)24-29-19-12-32-9-8-16(19)23(30-24)27-11-14-4-2-5-15(25)10-14/h2-7,10,28H,8-9,11-12H2,1H3,(H2,26,31)(H,27,29,30). The van der Waals surface area contributed by atoms with Crippen molar-refractivity contribution in [2.24, 2.45) is 5.73 Å². The van der Waals surface area contributed by atoms with E-state index < -0.39 is 5.91 Å². The molecule has 0 bridgehead atoms. The maximum atomic E-state index is 13.6. The van der Waals surface area contributed by atoms with Crippen LogP contribution in [0.1, 0.15) is 32.9 Å².